The Labute approximate surface area is 175 Å². The molecule has 0 spiro atoms. The smallest absolute Gasteiger partial charge is 0.289 e. The Morgan fingerprint density at radius 2 is 2.10 bits per heavy atom. The maximum Gasteiger partial charge on any atom is 0.289 e. The Hall–Kier alpha value is -2.90. The van der Waals surface area contributed by atoms with E-state index in [2.05, 4.69) is 24.1 Å². The summed E-state index contributed by atoms with van der Waals surface area (Å²) in [5.41, 5.74) is -0.0695. The number of halogens is 1. The highest BCUT2D eigenvalue weighted by Crippen LogP contribution is 2.63. The van der Waals surface area contributed by atoms with Gasteiger partial charge in [0.1, 0.15) is 5.76 Å². The molecule has 7 nitrogen and oxygen atoms in total. The van der Waals surface area contributed by atoms with Gasteiger partial charge in [0.2, 0.25) is 5.91 Å². The first-order valence-corrected chi connectivity index (χ1v) is 10.1. The van der Waals surface area contributed by atoms with Crippen LogP contribution < -0.4 is 10.2 Å². The minimum absolute atomic E-state index is 0.00553. The third-order valence-corrected chi connectivity index (χ3v) is 6.50. The number of furan rings is 1. The molecule has 0 unspecified atom stereocenters. The normalized spacial score (nSPS) is 24.2. The van der Waals surface area contributed by atoms with Crippen LogP contribution >= 0.6 is 0 Å². The van der Waals surface area contributed by atoms with Gasteiger partial charge < -0.3 is 19.5 Å². The second-order valence-electron chi connectivity index (χ2n) is 9.23. The van der Waals surface area contributed by atoms with E-state index in [-0.39, 0.29) is 41.3 Å². The first-order valence-electron chi connectivity index (χ1n) is 10.1. The van der Waals surface area contributed by atoms with Crippen molar-refractivity contribution in [2.75, 3.05) is 32.1 Å². The standard InChI is InChI=1S/C22H27FN4O3/c1-21(2)12-22(13-27(11-18(21)22)16-7-8-24-10-15(16)23)20(29)25-9-14-5-6-17(30-14)19(28)26(3)4/h5-8,10,18H,9,11-13H2,1-4H3,(H,25,29)/t18-,22+/m1/s1. The summed E-state index contributed by atoms with van der Waals surface area (Å²) in [5.74, 6) is 0.236. The van der Waals surface area contributed by atoms with E-state index < -0.39 is 5.41 Å². The Morgan fingerprint density at radius 3 is 2.77 bits per heavy atom. The first kappa shape index (κ1) is 20.4. The third-order valence-electron chi connectivity index (χ3n) is 6.50. The van der Waals surface area contributed by atoms with Crippen LogP contribution in [-0.2, 0) is 11.3 Å². The number of hydrogen-bond acceptors (Lipinski definition) is 5. The molecule has 1 aliphatic carbocycles. The second kappa shape index (κ2) is 7.11. The second-order valence-corrected chi connectivity index (χ2v) is 9.23. The lowest BCUT2D eigenvalue weighted by atomic mass is 9.47. The average Bonchev–Trinajstić information content (AvgIpc) is 3.29. The molecule has 0 bridgehead atoms. The first-order chi connectivity index (χ1) is 14.1. The van der Waals surface area contributed by atoms with Gasteiger partial charge in [0, 0.05) is 33.4 Å². The molecule has 160 valence electrons. The van der Waals surface area contributed by atoms with E-state index in [1.54, 1.807) is 38.5 Å². The van der Waals surface area contributed by atoms with Crippen molar-refractivity contribution in [3.63, 3.8) is 0 Å². The Kier molecular flexibility index (Phi) is 4.83. The van der Waals surface area contributed by atoms with E-state index in [1.165, 1.54) is 11.1 Å². The predicted molar refractivity (Wildman–Crippen MR) is 109 cm³/mol. The molecular weight excluding hydrogens is 387 g/mol. The van der Waals surface area contributed by atoms with Gasteiger partial charge in [0.25, 0.3) is 5.91 Å². The van der Waals surface area contributed by atoms with Gasteiger partial charge >= 0.3 is 0 Å². The van der Waals surface area contributed by atoms with Crippen LogP contribution in [0, 0.1) is 22.6 Å². The number of amides is 2. The molecule has 4 rings (SSSR count). The number of nitrogens with zero attached hydrogens (tertiary/aromatic N) is 3. The molecule has 1 N–H and O–H groups in total. The zero-order valence-corrected chi connectivity index (χ0v) is 17.7. The van der Waals surface area contributed by atoms with Crippen molar-refractivity contribution >= 4 is 17.5 Å². The van der Waals surface area contributed by atoms with Crippen LogP contribution in [0.3, 0.4) is 0 Å². The van der Waals surface area contributed by atoms with Gasteiger partial charge in [-0.1, -0.05) is 13.8 Å². The molecule has 2 aromatic rings. The van der Waals surface area contributed by atoms with E-state index in [0.717, 1.165) is 6.42 Å². The van der Waals surface area contributed by atoms with Crippen molar-refractivity contribution in [3.05, 3.63) is 47.9 Å². The van der Waals surface area contributed by atoms with Gasteiger partial charge in [-0.25, -0.2) is 4.39 Å². The molecular formula is C22H27FN4O3. The Bertz CT molecular complexity index is 986. The number of pyridine rings is 1. The number of aromatic nitrogens is 1. The molecule has 1 saturated carbocycles. The van der Waals surface area contributed by atoms with E-state index in [4.69, 9.17) is 4.42 Å². The summed E-state index contributed by atoms with van der Waals surface area (Å²) in [5, 5.41) is 2.98. The summed E-state index contributed by atoms with van der Waals surface area (Å²) < 4.78 is 19.9. The zero-order valence-electron chi connectivity index (χ0n) is 17.7. The SMILES string of the molecule is CN(C)C(=O)c1ccc(CNC(=O)[C@@]23CN(c4ccncc4F)C[C@@H]2C(C)(C)C3)o1. The Morgan fingerprint density at radius 1 is 1.33 bits per heavy atom. The minimum Gasteiger partial charge on any atom is -0.454 e. The van der Waals surface area contributed by atoms with E-state index >= 15 is 0 Å². The van der Waals surface area contributed by atoms with Crippen molar-refractivity contribution in [2.24, 2.45) is 16.7 Å². The molecule has 2 fully saturated rings. The summed E-state index contributed by atoms with van der Waals surface area (Å²) >= 11 is 0. The number of nitrogens with one attached hydrogen (secondary N) is 1. The highest BCUT2D eigenvalue weighted by Gasteiger charge is 2.66. The van der Waals surface area contributed by atoms with Gasteiger partial charge in [-0.15, -0.1) is 0 Å². The van der Waals surface area contributed by atoms with E-state index in [9.17, 15) is 14.0 Å². The van der Waals surface area contributed by atoms with Crippen LogP contribution in [0.5, 0.6) is 0 Å². The average molecular weight is 414 g/mol. The van der Waals surface area contributed by atoms with Crippen LogP contribution in [0.25, 0.3) is 0 Å². The quantitative estimate of drug-likeness (QED) is 0.814. The number of rotatable bonds is 5. The molecule has 2 amide bonds. The van der Waals surface area contributed by atoms with Gasteiger partial charge in [-0.2, -0.15) is 0 Å². The molecule has 2 aromatic heterocycles. The fraction of sp³-hybridized carbons (Fsp3) is 0.500. The fourth-order valence-corrected chi connectivity index (χ4v) is 5.16. The maximum atomic E-state index is 14.3. The van der Waals surface area contributed by atoms with Crippen molar-refractivity contribution in [1.29, 1.82) is 0 Å². The topological polar surface area (TPSA) is 78.7 Å². The molecule has 0 aromatic carbocycles. The number of carbonyl (C=O) groups is 2. The predicted octanol–water partition coefficient (Wildman–Crippen LogP) is 2.68. The van der Waals surface area contributed by atoms with E-state index in [0.29, 0.717) is 24.5 Å². The summed E-state index contributed by atoms with van der Waals surface area (Å²) in [6.45, 7) is 5.61. The molecule has 0 radical (unpaired) electrons. The molecule has 30 heavy (non-hydrogen) atoms. The van der Waals surface area contributed by atoms with Gasteiger partial charge in [0.15, 0.2) is 11.6 Å². The van der Waals surface area contributed by atoms with Gasteiger partial charge in [-0.3, -0.25) is 14.6 Å². The number of carbonyl (C=O) groups excluding carboxylic acids is 2. The minimum atomic E-state index is -0.561. The molecule has 2 aliphatic rings. The van der Waals surface area contributed by atoms with Gasteiger partial charge in [-0.05, 0) is 36.0 Å². The highest BCUT2D eigenvalue weighted by molar-refractivity contribution is 5.91. The fourth-order valence-electron chi connectivity index (χ4n) is 5.16. The van der Waals surface area contributed by atoms with Crippen molar-refractivity contribution < 1.29 is 18.4 Å². The van der Waals surface area contributed by atoms with Crippen LogP contribution in [0.2, 0.25) is 0 Å². The molecule has 8 heteroatoms. The lowest BCUT2D eigenvalue weighted by molar-refractivity contribution is -0.152. The zero-order chi connectivity index (χ0) is 21.7. The lowest BCUT2D eigenvalue weighted by Gasteiger charge is -2.55. The van der Waals surface area contributed by atoms with E-state index in [1.807, 2.05) is 4.90 Å². The summed E-state index contributed by atoms with van der Waals surface area (Å²) in [7, 11) is 3.31. The maximum absolute atomic E-state index is 14.3. The van der Waals surface area contributed by atoms with Crippen molar-refractivity contribution in [1.82, 2.24) is 15.2 Å². The van der Waals surface area contributed by atoms with Crippen LogP contribution in [0.15, 0.2) is 35.0 Å². The largest absolute Gasteiger partial charge is 0.454 e. The van der Waals surface area contributed by atoms with Crippen molar-refractivity contribution in [2.45, 2.75) is 26.8 Å². The van der Waals surface area contributed by atoms with Gasteiger partial charge in [0.05, 0.1) is 23.8 Å². The molecule has 3 heterocycles. The van der Waals surface area contributed by atoms with Crippen LogP contribution in [0.4, 0.5) is 10.1 Å². The van der Waals surface area contributed by atoms with Crippen LogP contribution in [-0.4, -0.2) is 48.9 Å². The number of hydrogen-bond donors (Lipinski definition) is 1. The molecule has 2 atom stereocenters. The third kappa shape index (κ3) is 3.24. The summed E-state index contributed by atoms with van der Waals surface area (Å²) in [4.78, 5) is 32.4. The lowest BCUT2D eigenvalue weighted by Crippen LogP contribution is -2.60. The van der Waals surface area contributed by atoms with Crippen LogP contribution in [0.1, 0.15) is 36.6 Å². The summed E-state index contributed by atoms with van der Waals surface area (Å²) in [6, 6.07) is 4.97. The molecule has 1 aliphatic heterocycles. The Balaban J connectivity index is 1.48. The highest BCUT2D eigenvalue weighted by atomic mass is 19.1. The monoisotopic (exact) mass is 414 g/mol. The van der Waals surface area contributed by atoms with Crippen molar-refractivity contribution in [3.8, 4) is 0 Å². The number of fused-ring (bicyclic) bond motifs is 1. The molecule has 1 saturated heterocycles. The summed E-state index contributed by atoms with van der Waals surface area (Å²) in [6.07, 6.45) is 3.51. The number of anilines is 1.